The first-order chi connectivity index (χ1) is 3.41. The molecule has 0 aliphatic heterocycles. The summed E-state index contributed by atoms with van der Waals surface area (Å²) in [5.74, 6) is 5.56. The van der Waals surface area contributed by atoms with Crippen molar-refractivity contribution in [3.8, 4) is 11.8 Å². The van der Waals surface area contributed by atoms with E-state index >= 15 is 0 Å². The standard InChI is InChI=1S/C5H7BrO/c1-7-5-3-2-4-6/h4-5H2,1H3. The van der Waals surface area contributed by atoms with Gasteiger partial charge in [-0.25, -0.2) is 0 Å². The molecule has 0 radical (unpaired) electrons. The Hall–Kier alpha value is 0. The van der Waals surface area contributed by atoms with Gasteiger partial charge in [-0.1, -0.05) is 27.8 Å². The van der Waals surface area contributed by atoms with Crippen LogP contribution in [0.15, 0.2) is 0 Å². The summed E-state index contributed by atoms with van der Waals surface area (Å²) in [4.78, 5) is 0. The summed E-state index contributed by atoms with van der Waals surface area (Å²) in [6, 6.07) is 0. The summed E-state index contributed by atoms with van der Waals surface area (Å²) < 4.78 is 4.65. The maximum absolute atomic E-state index is 4.65. The van der Waals surface area contributed by atoms with Gasteiger partial charge < -0.3 is 4.74 Å². The van der Waals surface area contributed by atoms with Crippen molar-refractivity contribution in [2.75, 3.05) is 19.0 Å². The number of ether oxygens (including phenoxy) is 1. The zero-order valence-corrected chi connectivity index (χ0v) is 5.79. The minimum Gasteiger partial charge on any atom is -0.372 e. The predicted octanol–water partition coefficient (Wildman–Crippen LogP) is 1.03. The van der Waals surface area contributed by atoms with Gasteiger partial charge in [-0.15, -0.1) is 0 Å². The van der Waals surface area contributed by atoms with E-state index in [0.717, 1.165) is 5.33 Å². The Kier molecular flexibility index (Phi) is 6.00. The summed E-state index contributed by atoms with van der Waals surface area (Å²) in [5, 5.41) is 0.732. The van der Waals surface area contributed by atoms with E-state index in [2.05, 4.69) is 32.5 Å². The Bertz CT molecular complexity index is 79.8. The Labute approximate surface area is 52.2 Å². The van der Waals surface area contributed by atoms with Crippen LogP contribution in [0.5, 0.6) is 0 Å². The van der Waals surface area contributed by atoms with Crippen LogP contribution in [0.4, 0.5) is 0 Å². The van der Waals surface area contributed by atoms with Crippen molar-refractivity contribution in [2.24, 2.45) is 0 Å². The lowest BCUT2D eigenvalue weighted by molar-refractivity contribution is 0.240. The fourth-order valence-electron chi connectivity index (χ4n) is 0.170. The van der Waals surface area contributed by atoms with Crippen molar-refractivity contribution in [3.63, 3.8) is 0 Å². The van der Waals surface area contributed by atoms with Gasteiger partial charge in [0.1, 0.15) is 6.61 Å². The average molecular weight is 163 g/mol. The molecule has 0 fully saturated rings. The Morgan fingerprint density at radius 1 is 1.57 bits per heavy atom. The fourth-order valence-corrected chi connectivity index (χ4v) is 0.369. The molecule has 0 aliphatic rings. The molecule has 0 unspecified atom stereocenters. The molecule has 0 aliphatic carbocycles. The first-order valence-corrected chi connectivity index (χ1v) is 3.04. The molecule has 0 atom stereocenters. The van der Waals surface area contributed by atoms with E-state index in [1.807, 2.05) is 0 Å². The molecule has 40 valence electrons. The van der Waals surface area contributed by atoms with Crippen LogP contribution < -0.4 is 0 Å². The van der Waals surface area contributed by atoms with E-state index in [1.54, 1.807) is 7.11 Å². The summed E-state index contributed by atoms with van der Waals surface area (Å²) >= 11 is 3.15. The lowest BCUT2D eigenvalue weighted by atomic mass is 10.6. The molecule has 0 saturated heterocycles. The highest BCUT2D eigenvalue weighted by Gasteiger charge is 1.64. The number of methoxy groups -OCH3 is 1. The third-order valence-electron chi connectivity index (χ3n) is 0.408. The minimum atomic E-state index is 0.533. The second-order valence-corrected chi connectivity index (χ2v) is 1.48. The van der Waals surface area contributed by atoms with Crippen molar-refractivity contribution in [1.29, 1.82) is 0 Å². The maximum Gasteiger partial charge on any atom is 0.107 e. The van der Waals surface area contributed by atoms with Gasteiger partial charge in [-0.05, 0) is 0 Å². The number of hydrogen-bond donors (Lipinski definition) is 0. The van der Waals surface area contributed by atoms with Crippen LogP contribution in [0.1, 0.15) is 0 Å². The van der Waals surface area contributed by atoms with Crippen LogP contribution in [0.3, 0.4) is 0 Å². The van der Waals surface area contributed by atoms with Crippen molar-refractivity contribution in [1.82, 2.24) is 0 Å². The monoisotopic (exact) mass is 162 g/mol. The fraction of sp³-hybridized carbons (Fsp3) is 0.600. The molecule has 2 heteroatoms. The molecule has 7 heavy (non-hydrogen) atoms. The second-order valence-electron chi connectivity index (χ2n) is 0.920. The normalized spacial score (nSPS) is 7.14. The zero-order valence-electron chi connectivity index (χ0n) is 4.20. The summed E-state index contributed by atoms with van der Waals surface area (Å²) in [6.07, 6.45) is 0. The van der Waals surface area contributed by atoms with Gasteiger partial charge in [0, 0.05) is 7.11 Å². The van der Waals surface area contributed by atoms with Crippen LogP contribution in [0, 0.1) is 11.8 Å². The van der Waals surface area contributed by atoms with Crippen LogP contribution in [0.2, 0.25) is 0 Å². The predicted molar refractivity (Wildman–Crippen MR) is 33.4 cm³/mol. The Balaban J connectivity index is 2.91. The van der Waals surface area contributed by atoms with Crippen LogP contribution >= 0.6 is 15.9 Å². The third kappa shape index (κ3) is 6.00. The summed E-state index contributed by atoms with van der Waals surface area (Å²) in [6.45, 7) is 0.533. The van der Waals surface area contributed by atoms with Crippen LogP contribution in [-0.4, -0.2) is 19.0 Å². The van der Waals surface area contributed by atoms with E-state index in [4.69, 9.17) is 0 Å². The van der Waals surface area contributed by atoms with Gasteiger partial charge in [-0.3, -0.25) is 0 Å². The van der Waals surface area contributed by atoms with Gasteiger partial charge >= 0.3 is 0 Å². The summed E-state index contributed by atoms with van der Waals surface area (Å²) in [7, 11) is 1.63. The largest absolute Gasteiger partial charge is 0.372 e. The molecular formula is C5H7BrO. The topological polar surface area (TPSA) is 9.23 Å². The van der Waals surface area contributed by atoms with Crippen LogP contribution in [0.25, 0.3) is 0 Å². The minimum absolute atomic E-state index is 0.533. The van der Waals surface area contributed by atoms with E-state index < -0.39 is 0 Å². The summed E-state index contributed by atoms with van der Waals surface area (Å²) in [5.41, 5.74) is 0. The molecule has 0 aromatic carbocycles. The van der Waals surface area contributed by atoms with Gasteiger partial charge in [0.05, 0.1) is 5.33 Å². The van der Waals surface area contributed by atoms with Gasteiger partial charge in [0.2, 0.25) is 0 Å². The third-order valence-corrected chi connectivity index (χ3v) is 0.689. The molecule has 0 aromatic heterocycles. The average Bonchev–Trinajstić information content (AvgIpc) is 1.69. The van der Waals surface area contributed by atoms with E-state index in [0.29, 0.717) is 6.61 Å². The SMILES string of the molecule is COCC#CCBr. The van der Waals surface area contributed by atoms with Gasteiger partial charge in [-0.2, -0.15) is 0 Å². The van der Waals surface area contributed by atoms with Crippen molar-refractivity contribution in [2.45, 2.75) is 0 Å². The molecule has 0 bridgehead atoms. The number of rotatable bonds is 1. The van der Waals surface area contributed by atoms with Crippen molar-refractivity contribution in [3.05, 3.63) is 0 Å². The first kappa shape index (κ1) is 7.00. The number of halogens is 1. The van der Waals surface area contributed by atoms with Crippen LogP contribution in [-0.2, 0) is 4.74 Å². The highest BCUT2D eigenvalue weighted by molar-refractivity contribution is 9.09. The first-order valence-electron chi connectivity index (χ1n) is 1.92. The van der Waals surface area contributed by atoms with Gasteiger partial charge in [0.15, 0.2) is 0 Å². The highest BCUT2D eigenvalue weighted by Crippen LogP contribution is 1.72. The van der Waals surface area contributed by atoms with E-state index in [9.17, 15) is 0 Å². The smallest absolute Gasteiger partial charge is 0.107 e. The molecule has 0 spiro atoms. The van der Waals surface area contributed by atoms with Crippen molar-refractivity contribution >= 4 is 15.9 Å². The maximum atomic E-state index is 4.65. The molecule has 0 amide bonds. The molecule has 0 saturated carbocycles. The molecule has 0 N–H and O–H groups in total. The van der Waals surface area contributed by atoms with E-state index in [1.165, 1.54) is 0 Å². The number of hydrogen-bond acceptors (Lipinski definition) is 1. The Morgan fingerprint density at radius 3 is 2.71 bits per heavy atom. The van der Waals surface area contributed by atoms with Crippen molar-refractivity contribution < 1.29 is 4.74 Å². The lowest BCUT2D eigenvalue weighted by Crippen LogP contribution is -1.80. The molecular weight excluding hydrogens is 156 g/mol. The molecule has 1 nitrogen and oxygen atoms in total. The zero-order chi connectivity index (χ0) is 5.54. The molecule has 0 heterocycles. The van der Waals surface area contributed by atoms with Gasteiger partial charge in [0.25, 0.3) is 0 Å². The highest BCUT2D eigenvalue weighted by atomic mass is 79.9. The number of alkyl halides is 1. The quantitative estimate of drug-likeness (QED) is 0.414. The molecule has 0 aromatic rings. The molecule has 0 rings (SSSR count). The Morgan fingerprint density at radius 2 is 2.29 bits per heavy atom. The lowest BCUT2D eigenvalue weighted by Gasteiger charge is -1.79. The van der Waals surface area contributed by atoms with E-state index in [-0.39, 0.29) is 0 Å². The second kappa shape index (κ2) is 6.00.